The molecule has 2 atom stereocenters. The number of rotatable bonds is 2. The van der Waals surface area contributed by atoms with Gasteiger partial charge in [-0.2, -0.15) is 0 Å². The summed E-state index contributed by atoms with van der Waals surface area (Å²) >= 11 is 4.79. The van der Waals surface area contributed by atoms with E-state index in [1.807, 2.05) is 19.9 Å². The van der Waals surface area contributed by atoms with Crippen molar-refractivity contribution in [1.29, 1.82) is 0 Å². The SMILES string of the molecule is Cc1cc(C(=O)N2CC(C)C(C(=O)O)C2)sc1Br. The fourth-order valence-electron chi connectivity index (χ4n) is 2.18. The number of carboxylic acids is 1. The average molecular weight is 332 g/mol. The number of carbonyl (C=O) groups is 2. The van der Waals surface area contributed by atoms with Crippen molar-refractivity contribution < 1.29 is 14.7 Å². The van der Waals surface area contributed by atoms with Crippen molar-refractivity contribution in [2.45, 2.75) is 13.8 Å². The van der Waals surface area contributed by atoms with E-state index in [0.29, 0.717) is 18.0 Å². The van der Waals surface area contributed by atoms with E-state index in [-0.39, 0.29) is 11.8 Å². The van der Waals surface area contributed by atoms with Gasteiger partial charge in [0.15, 0.2) is 0 Å². The number of aryl methyl sites for hydroxylation is 1. The van der Waals surface area contributed by atoms with E-state index in [4.69, 9.17) is 5.11 Å². The van der Waals surface area contributed by atoms with Gasteiger partial charge in [0.2, 0.25) is 0 Å². The highest BCUT2D eigenvalue weighted by Crippen LogP contribution is 2.30. The van der Waals surface area contributed by atoms with Crippen molar-refractivity contribution >= 4 is 39.1 Å². The largest absolute Gasteiger partial charge is 0.481 e. The molecule has 1 N–H and O–H groups in total. The third kappa shape index (κ3) is 2.44. The lowest BCUT2D eigenvalue weighted by atomic mass is 9.99. The molecule has 0 saturated carbocycles. The minimum Gasteiger partial charge on any atom is -0.481 e. The third-order valence-electron chi connectivity index (χ3n) is 3.28. The van der Waals surface area contributed by atoms with Crippen LogP contribution in [-0.2, 0) is 4.79 Å². The quantitative estimate of drug-likeness (QED) is 0.906. The Balaban J connectivity index is 2.14. The van der Waals surface area contributed by atoms with Crippen molar-refractivity contribution in [3.8, 4) is 0 Å². The molecule has 2 rings (SSSR count). The van der Waals surface area contributed by atoms with Crippen LogP contribution < -0.4 is 0 Å². The standard InChI is InChI=1S/C12H14BrNO3S/c1-6-3-9(18-10(6)13)11(15)14-4-7(2)8(5-14)12(16)17/h3,7-8H,4-5H2,1-2H3,(H,16,17). The molecule has 2 heterocycles. The zero-order valence-electron chi connectivity index (χ0n) is 10.1. The van der Waals surface area contributed by atoms with E-state index in [2.05, 4.69) is 15.9 Å². The van der Waals surface area contributed by atoms with E-state index in [1.165, 1.54) is 11.3 Å². The van der Waals surface area contributed by atoms with E-state index in [9.17, 15) is 9.59 Å². The molecule has 1 fully saturated rings. The molecule has 98 valence electrons. The van der Waals surface area contributed by atoms with Gasteiger partial charge in [0.05, 0.1) is 14.6 Å². The first-order chi connectivity index (χ1) is 8.40. The fraction of sp³-hybridized carbons (Fsp3) is 0.500. The van der Waals surface area contributed by atoms with Crippen LogP contribution in [0.15, 0.2) is 9.85 Å². The van der Waals surface area contributed by atoms with Crippen molar-refractivity contribution in [3.05, 3.63) is 20.3 Å². The summed E-state index contributed by atoms with van der Waals surface area (Å²) in [5.74, 6) is -1.32. The molecule has 0 spiro atoms. The number of thiophene rings is 1. The lowest BCUT2D eigenvalue weighted by Crippen LogP contribution is -2.29. The minimum atomic E-state index is -0.818. The van der Waals surface area contributed by atoms with Crippen molar-refractivity contribution in [2.24, 2.45) is 11.8 Å². The number of hydrogen-bond acceptors (Lipinski definition) is 3. The third-order valence-corrected chi connectivity index (χ3v) is 5.41. The molecule has 6 heteroatoms. The number of carbonyl (C=O) groups excluding carboxylic acids is 1. The van der Waals surface area contributed by atoms with Crippen LogP contribution >= 0.6 is 27.3 Å². The van der Waals surface area contributed by atoms with Gasteiger partial charge in [0.25, 0.3) is 5.91 Å². The molecular weight excluding hydrogens is 318 g/mol. The van der Waals surface area contributed by atoms with Crippen LogP contribution in [-0.4, -0.2) is 35.0 Å². The summed E-state index contributed by atoms with van der Waals surface area (Å²) in [5.41, 5.74) is 1.03. The molecule has 0 aromatic carbocycles. The van der Waals surface area contributed by atoms with E-state index < -0.39 is 11.9 Å². The number of likely N-dealkylation sites (tertiary alicyclic amines) is 1. The predicted octanol–water partition coefficient (Wildman–Crippen LogP) is 2.61. The molecular formula is C12H14BrNO3S. The molecule has 1 aromatic rings. The second kappa shape index (κ2) is 5.01. The van der Waals surface area contributed by atoms with Crippen LogP contribution in [0, 0.1) is 18.8 Å². The fourth-order valence-corrected chi connectivity index (χ4v) is 3.68. The first-order valence-electron chi connectivity index (χ1n) is 5.68. The average Bonchev–Trinajstić information content (AvgIpc) is 2.82. The molecule has 1 amide bonds. The molecule has 1 aromatic heterocycles. The van der Waals surface area contributed by atoms with Crippen LogP contribution in [0.3, 0.4) is 0 Å². The predicted molar refractivity (Wildman–Crippen MR) is 72.9 cm³/mol. The second-order valence-corrected chi connectivity index (χ2v) is 7.07. The Labute approximate surface area is 118 Å². The first kappa shape index (κ1) is 13.5. The molecule has 1 aliphatic heterocycles. The van der Waals surface area contributed by atoms with Gasteiger partial charge in [-0.3, -0.25) is 9.59 Å². The number of nitrogens with zero attached hydrogens (tertiary/aromatic N) is 1. The summed E-state index contributed by atoms with van der Waals surface area (Å²) in [4.78, 5) is 25.6. The van der Waals surface area contributed by atoms with Gasteiger partial charge in [-0.1, -0.05) is 6.92 Å². The Morgan fingerprint density at radius 1 is 1.50 bits per heavy atom. The van der Waals surface area contributed by atoms with Gasteiger partial charge in [0.1, 0.15) is 0 Å². The van der Waals surface area contributed by atoms with Crippen LogP contribution in [0.1, 0.15) is 22.2 Å². The van der Waals surface area contributed by atoms with Crippen LogP contribution in [0.2, 0.25) is 0 Å². The zero-order valence-corrected chi connectivity index (χ0v) is 12.5. The molecule has 2 unspecified atom stereocenters. The summed E-state index contributed by atoms with van der Waals surface area (Å²) in [6.07, 6.45) is 0. The lowest BCUT2D eigenvalue weighted by molar-refractivity contribution is -0.142. The van der Waals surface area contributed by atoms with Crippen LogP contribution in [0.5, 0.6) is 0 Å². The molecule has 1 aliphatic rings. The molecule has 4 nitrogen and oxygen atoms in total. The summed E-state index contributed by atoms with van der Waals surface area (Å²) in [6, 6.07) is 1.84. The molecule has 0 aliphatic carbocycles. The smallest absolute Gasteiger partial charge is 0.308 e. The van der Waals surface area contributed by atoms with Gasteiger partial charge < -0.3 is 10.0 Å². The molecule has 1 saturated heterocycles. The maximum atomic E-state index is 12.2. The summed E-state index contributed by atoms with van der Waals surface area (Å²) < 4.78 is 0.952. The van der Waals surface area contributed by atoms with Gasteiger partial charge in [0, 0.05) is 13.1 Å². The van der Waals surface area contributed by atoms with Gasteiger partial charge in [-0.25, -0.2) is 0 Å². The van der Waals surface area contributed by atoms with Gasteiger partial charge in [-0.05, 0) is 40.4 Å². The van der Waals surface area contributed by atoms with Gasteiger partial charge >= 0.3 is 5.97 Å². The molecule has 0 radical (unpaired) electrons. The Morgan fingerprint density at radius 3 is 2.61 bits per heavy atom. The summed E-state index contributed by atoms with van der Waals surface area (Å²) in [5, 5.41) is 9.06. The van der Waals surface area contributed by atoms with Crippen LogP contribution in [0.4, 0.5) is 0 Å². The van der Waals surface area contributed by atoms with Crippen LogP contribution in [0.25, 0.3) is 0 Å². The van der Waals surface area contributed by atoms with Gasteiger partial charge in [-0.15, -0.1) is 11.3 Å². The number of carboxylic acid groups (broad SMARTS) is 1. The highest BCUT2D eigenvalue weighted by molar-refractivity contribution is 9.11. The number of aliphatic carboxylic acids is 1. The number of amides is 1. The van der Waals surface area contributed by atoms with Crippen molar-refractivity contribution in [2.75, 3.05) is 13.1 Å². The maximum Gasteiger partial charge on any atom is 0.308 e. The highest BCUT2D eigenvalue weighted by atomic mass is 79.9. The zero-order chi connectivity index (χ0) is 13.4. The highest BCUT2D eigenvalue weighted by Gasteiger charge is 2.37. The van der Waals surface area contributed by atoms with Crippen molar-refractivity contribution in [3.63, 3.8) is 0 Å². The van der Waals surface area contributed by atoms with E-state index in [1.54, 1.807) is 4.90 Å². The molecule has 0 bridgehead atoms. The molecule has 18 heavy (non-hydrogen) atoms. The lowest BCUT2D eigenvalue weighted by Gasteiger charge is -2.14. The second-order valence-electron chi connectivity index (χ2n) is 4.70. The number of halogens is 1. The first-order valence-corrected chi connectivity index (χ1v) is 7.29. The maximum absolute atomic E-state index is 12.2. The summed E-state index contributed by atoms with van der Waals surface area (Å²) in [6.45, 7) is 4.64. The monoisotopic (exact) mass is 331 g/mol. The van der Waals surface area contributed by atoms with Crippen molar-refractivity contribution in [1.82, 2.24) is 4.90 Å². The van der Waals surface area contributed by atoms with E-state index >= 15 is 0 Å². The summed E-state index contributed by atoms with van der Waals surface area (Å²) in [7, 11) is 0. The topological polar surface area (TPSA) is 57.6 Å². The Kier molecular flexibility index (Phi) is 3.77. The Bertz CT molecular complexity index is 480. The number of hydrogen-bond donors (Lipinski definition) is 1. The normalized spacial score (nSPS) is 23.4. The minimum absolute atomic E-state index is 0.0101. The Hall–Kier alpha value is -0.880. The Morgan fingerprint density at radius 2 is 2.17 bits per heavy atom. The van der Waals surface area contributed by atoms with E-state index in [0.717, 1.165) is 9.35 Å².